The SMILES string of the molecule is COc1ccccc1CN(C(=O)[C@@H]1CNCCO1)C1CCCC1. The topological polar surface area (TPSA) is 50.8 Å². The Morgan fingerprint density at radius 1 is 1.35 bits per heavy atom. The molecule has 0 bridgehead atoms. The van der Waals surface area contributed by atoms with Crippen molar-refractivity contribution >= 4 is 5.91 Å². The van der Waals surface area contributed by atoms with Gasteiger partial charge in [-0.15, -0.1) is 0 Å². The minimum absolute atomic E-state index is 0.106. The van der Waals surface area contributed by atoms with E-state index in [0.29, 0.717) is 25.7 Å². The van der Waals surface area contributed by atoms with E-state index in [0.717, 1.165) is 30.7 Å². The molecule has 1 saturated carbocycles. The smallest absolute Gasteiger partial charge is 0.253 e. The van der Waals surface area contributed by atoms with Crippen LogP contribution in [0.3, 0.4) is 0 Å². The Morgan fingerprint density at radius 3 is 2.83 bits per heavy atom. The van der Waals surface area contributed by atoms with Crippen LogP contribution in [0.15, 0.2) is 24.3 Å². The number of hydrogen-bond acceptors (Lipinski definition) is 4. The van der Waals surface area contributed by atoms with Crippen molar-refractivity contribution in [3.05, 3.63) is 29.8 Å². The second kappa shape index (κ2) is 7.79. The fraction of sp³-hybridized carbons (Fsp3) is 0.611. The van der Waals surface area contributed by atoms with Gasteiger partial charge >= 0.3 is 0 Å². The van der Waals surface area contributed by atoms with Crippen molar-refractivity contribution in [3.8, 4) is 5.75 Å². The van der Waals surface area contributed by atoms with Gasteiger partial charge in [0.05, 0.1) is 13.7 Å². The molecule has 0 radical (unpaired) electrons. The minimum atomic E-state index is -0.362. The van der Waals surface area contributed by atoms with Crippen molar-refractivity contribution < 1.29 is 14.3 Å². The Morgan fingerprint density at radius 2 is 2.13 bits per heavy atom. The second-order valence-electron chi connectivity index (χ2n) is 6.28. The van der Waals surface area contributed by atoms with Crippen LogP contribution in [0, 0.1) is 0 Å². The molecule has 1 saturated heterocycles. The lowest BCUT2D eigenvalue weighted by atomic mass is 10.1. The van der Waals surface area contributed by atoms with Gasteiger partial charge in [-0.1, -0.05) is 31.0 Å². The van der Waals surface area contributed by atoms with Gasteiger partial charge < -0.3 is 19.7 Å². The Balaban J connectivity index is 1.78. The number of amides is 1. The number of nitrogens with one attached hydrogen (secondary N) is 1. The van der Waals surface area contributed by atoms with Crippen LogP contribution in [-0.4, -0.2) is 49.8 Å². The summed E-state index contributed by atoms with van der Waals surface area (Å²) in [5.41, 5.74) is 1.05. The zero-order valence-corrected chi connectivity index (χ0v) is 13.8. The number of nitrogens with zero attached hydrogens (tertiary/aromatic N) is 1. The van der Waals surface area contributed by atoms with E-state index in [2.05, 4.69) is 5.32 Å². The summed E-state index contributed by atoms with van der Waals surface area (Å²) in [7, 11) is 1.68. The lowest BCUT2D eigenvalue weighted by Gasteiger charge is -2.34. The summed E-state index contributed by atoms with van der Waals surface area (Å²) in [5.74, 6) is 0.945. The van der Waals surface area contributed by atoms with Crippen LogP contribution >= 0.6 is 0 Å². The summed E-state index contributed by atoms with van der Waals surface area (Å²) in [6, 6.07) is 8.25. The summed E-state index contributed by atoms with van der Waals surface area (Å²) >= 11 is 0. The molecule has 1 aliphatic heterocycles. The number of carbonyl (C=O) groups excluding carboxylic acids is 1. The minimum Gasteiger partial charge on any atom is -0.496 e. The zero-order chi connectivity index (χ0) is 16.1. The Hall–Kier alpha value is -1.59. The Bertz CT molecular complexity index is 523. The molecule has 1 aliphatic carbocycles. The maximum absolute atomic E-state index is 13.0. The number of ether oxygens (including phenoxy) is 2. The first-order valence-corrected chi connectivity index (χ1v) is 8.54. The number of methoxy groups -OCH3 is 1. The Labute approximate surface area is 137 Å². The van der Waals surface area contributed by atoms with E-state index in [9.17, 15) is 4.79 Å². The van der Waals surface area contributed by atoms with Crippen LogP contribution in [0.1, 0.15) is 31.2 Å². The largest absolute Gasteiger partial charge is 0.496 e. The number of para-hydroxylation sites is 1. The molecule has 1 aromatic carbocycles. The molecule has 0 unspecified atom stereocenters. The highest BCUT2D eigenvalue weighted by molar-refractivity contribution is 5.81. The van der Waals surface area contributed by atoms with Crippen molar-refractivity contribution in [2.45, 2.75) is 44.4 Å². The van der Waals surface area contributed by atoms with Gasteiger partial charge in [0.15, 0.2) is 0 Å². The lowest BCUT2D eigenvalue weighted by molar-refractivity contribution is -0.148. The predicted molar refractivity (Wildman–Crippen MR) is 88.4 cm³/mol. The van der Waals surface area contributed by atoms with Gasteiger partial charge in [-0.2, -0.15) is 0 Å². The standard InChI is InChI=1S/C18H26N2O3/c1-22-16-9-5-2-6-14(16)13-20(15-7-3-4-8-15)18(21)17-12-19-10-11-23-17/h2,5-6,9,15,17,19H,3-4,7-8,10-13H2,1H3/t17-/m0/s1. The quantitative estimate of drug-likeness (QED) is 0.902. The van der Waals surface area contributed by atoms with Gasteiger partial charge in [0.1, 0.15) is 11.9 Å². The highest BCUT2D eigenvalue weighted by atomic mass is 16.5. The summed E-state index contributed by atoms with van der Waals surface area (Å²) in [6.45, 7) is 2.62. The summed E-state index contributed by atoms with van der Waals surface area (Å²) in [4.78, 5) is 15.0. The Kier molecular flexibility index (Phi) is 5.51. The third-order valence-corrected chi connectivity index (χ3v) is 4.78. The molecule has 23 heavy (non-hydrogen) atoms. The van der Waals surface area contributed by atoms with E-state index in [4.69, 9.17) is 9.47 Å². The normalized spacial score (nSPS) is 22.0. The zero-order valence-electron chi connectivity index (χ0n) is 13.8. The van der Waals surface area contributed by atoms with Crippen molar-refractivity contribution in [2.75, 3.05) is 26.8 Å². The predicted octanol–water partition coefficient (Wildman–Crippen LogP) is 1.95. The molecule has 0 spiro atoms. The number of hydrogen-bond donors (Lipinski definition) is 1. The van der Waals surface area contributed by atoms with E-state index >= 15 is 0 Å². The molecule has 2 aliphatic rings. The third kappa shape index (κ3) is 3.85. The number of morpholine rings is 1. The molecule has 5 heteroatoms. The second-order valence-corrected chi connectivity index (χ2v) is 6.28. The lowest BCUT2D eigenvalue weighted by Crippen LogP contribution is -2.51. The molecule has 1 heterocycles. The van der Waals surface area contributed by atoms with E-state index in [1.807, 2.05) is 29.2 Å². The molecule has 1 N–H and O–H groups in total. The fourth-order valence-electron chi connectivity index (χ4n) is 3.53. The fourth-order valence-corrected chi connectivity index (χ4v) is 3.53. The van der Waals surface area contributed by atoms with E-state index in [1.54, 1.807) is 7.11 Å². The number of rotatable bonds is 5. The molecule has 0 aromatic heterocycles. The average Bonchev–Trinajstić information content (AvgIpc) is 3.14. The monoisotopic (exact) mass is 318 g/mol. The van der Waals surface area contributed by atoms with Gasteiger partial charge in [-0.25, -0.2) is 0 Å². The molecule has 126 valence electrons. The molecular weight excluding hydrogens is 292 g/mol. The summed E-state index contributed by atoms with van der Waals surface area (Å²) < 4.78 is 11.1. The van der Waals surface area contributed by atoms with Crippen LogP contribution in [0.2, 0.25) is 0 Å². The number of carbonyl (C=O) groups is 1. The van der Waals surface area contributed by atoms with Gasteiger partial charge in [-0.3, -0.25) is 4.79 Å². The van der Waals surface area contributed by atoms with Crippen LogP contribution < -0.4 is 10.1 Å². The van der Waals surface area contributed by atoms with Crippen molar-refractivity contribution in [1.82, 2.24) is 10.2 Å². The van der Waals surface area contributed by atoms with E-state index in [1.165, 1.54) is 12.8 Å². The van der Waals surface area contributed by atoms with Crippen molar-refractivity contribution in [3.63, 3.8) is 0 Å². The molecule has 1 atom stereocenters. The first-order valence-electron chi connectivity index (χ1n) is 8.54. The van der Waals surface area contributed by atoms with Crippen molar-refractivity contribution in [2.24, 2.45) is 0 Å². The van der Waals surface area contributed by atoms with Gasteiger partial charge in [0.25, 0.3) is 5.91 Å². The average molecular weight is 318 g/mol. The summed E-state index contributed by atoms with van der Waals surface area (Å²) in [5, 5.41) is 3.25. The first-order chi connectivity index (χ1) is 11.3. The summed E-state index contributed by atoms with van der Waals surface area (Å²) in [6.07, 6.45) is 4.20. The molecule has 1 aromatic rings. The molecule has 5 nitrogen and oxygen atoms in total. The molecule has 1 amide bonds. The maximum atomic E-state index is 13.0. The highest BCUT2D eigenvalue weighted by Gasteiger charge is 2.33. The first kappa shape index (κ1) is 16.3. The maximum Gasteiger partial charge on any atom is 0.253 e. The van der Waals surface area contributed by atoms with Crippen LogP contribution in [0.4, 0.5) is 0 Å². The molecule has 2 fully saturated rings. The van der Waals surface area contributed by atoms with Crippen LogP contribution in [0.25, 0.3) is 0 Å². The van der Waals surface area contributed by atoms with E-state index < -0.39 is 0 Å². The molecular formula is C18H26N2O3. The van der Waals surface area contributed by atoms with Gasteiger partial charge in [0, 0.05) is 31.2 Å². The van der Waals surface area contributed by atoms with Crippen molar-refractivity contribution in [1.29, 1.82) is 0 Å². The highest BCUT2D eigenvalue weighted by Crippen LogP contribution is 2.28. The van der Waals surface area contributed by atoms with Gasteiger partial charge in [-0.05, 0) is 18.9 Å². The van der Waals surface area contributed by atoms with Crippen LogP contribution in [-0.2, 0) is 16.1 Å². The van der Waals surface area contributed by atoms with Gasteiger partial charge in [0.2, 0.25) is 0 Å². The number of benzene rings is 1. The van der Waals surface area contributed by atoms with E-state index in [-0.39, 0.29) is 12.0 Å². The third-order valence-electron chi connectivity index (χ3n) is 4.78. The van der Waals surface area contributed by atoms with Crippen LogP contribution in [0.5, 0.6) is 5.75 Å². The molecule has 3 rings (SSSR count).